The number of hydrogen-bond donors (Lipinski definition) is 1. The van der Waals surface area contributed by atoms with E-state index < -0.39 is 6.09 Å². The summed E-state index contributed by atoms with van der Waals surface area (Å²) in [6.45, 7) is 13.0. The molecule has 0 bridgehead atoms. The average molecular weight is 470 g/mol. The zero-order chi connectivity index (χ0) is 24.6. The number of carbonyl (C=O) groups excluding carboxylic acids is 2. The van der Waals surface area contributed by atoms with E-state index in [1.165, 1.54) is 4.90 Å². The van der Waals surface area contributed by atoms with E-state index in [9.17, 15) is 19.5 Å². The number of aromatic nitrogens is 1. The van der Waals surface area contributed by atoms with E-state index in [1.807, 2.05) is 47.6 Å². The zero-order valence-electron chi connectivity index (χ0n) is 20.5. The predicted molar refractivity (Wildman–Crippen MR) is 130 cm³/mol. The number of amides is 3. The van der Waals surface area contributed by atoms with Crippen molar-refractivity contribution in [1.29, 1.82) is 0 Å². The van der Waals surface area contributed by atoms with E-state index in [0.29, 0.717) is 56.6 Å². The van der Waals surface area contributed by atoms with E-state index in [2.05, 4.69) is 18.7 Å². The van der Waals surface area contributed by atoms with Crippen molar-refractivity contribution < 1.29 is 19.5 Å². The Hall–Kier alpha value is -3.07. The number of benzene rings is 1. The van der Waals surface area contributed by atoms with Crippen molar-refractivity contribution in [1.82, 2.24) is 24.2 Å². The Kier molecular flexibility index (Phi) is 6.84. The fourth-order valence-corrected chi connectivity index (χ4v) is 4.98. The van der Waals surface area contributed by atoms with Crippen LogP contribution >= 0.6 is 0 Å². The second-order valence-electron chi connectivity index (χ2n) is 9.75. The molecule has 1 aromatic carbocycles. The van der Waals surface area contributed by atoms with Crippen LogP contribution in [0.25, 0.3) is 10.9 Å². The molecule has 2 aliphatic rings. The second-order valence-corrected chi connectivity index (χ2v) is 9.75. The van der Waals surface area contributed by atoms with Gasteiger partial charge in [0, 0.05) is 80.9 Å². The van der Waals surface area contributed by atoms with Gasteiger partial charge in [0.2, 0.25) is 0 Å². The Morgan fingerprint density at radius 3 is 1.85 bits per heavy atom. The summed E-state index contributed by atoms with van der Waals surface area (Å²) in [5, 5.41) is 10.0. The molecule has 0 spiro atoms. The number of nitrogens with zero attached hydrogens (tertiary/aromatic N) is 5. The van der Waals surface area contributed by atoms with Crippen LogP contribution in [0.1, 0.15) is 54.6 Å². The minimum atomic E-state index is -0.953. The summed E-state index contributed by atoms with van der Waals surface area (Å²) < 4.78 is 2.01. The molecule has 2 aliphatic heterocycles. The first kappa shape index (κ1) is 24.1. The SMILES string of the molecule is CC(C)N1CCN(C(=O)c2ccc3c(c2)cc(C(=O)N2CCN(C(=O)O)CC2)n3C(C)C)CC1. The molecule has 0 aliphatic carbocycles. The fraction of sp³-hybridized carbons (Fsp3) is 0.560. The van der Waals surface area contributed by atoms with Crippen molar-refractivity contribution in [3.05, 3.63) is 35.5 Å². The molecule has 34 heavy (non-hydrogen) atoms. The Balaban J connectivity index is 1.56. The van der Waals surface area contributed by atoms with Gasteiger partial charge in [0.15, 0.2) is 0 Å². The van der Waals surface area contributed by atoms with Gasteiger partial charge in [-0.15, -0.1) is 0 Å². The fourth-order valence-electron chi connectivity index (χ4n) is 4.98. The number of fused-ring (bicyclic) bond motifs is 1. The molecule has 9 nitrogen and oxygen atoms in total. The number of piperazine rings is 2. The number of carboxylic acid groups (broad SMARTS) is 1. The highest BCUT2D eigenvalue weighted by atomic mass is 16.4. The summed E-state index contributed by atoms with van der Waals surface area (Å²) in [7, 11) is 0. The molecular weight excluding hydrogens is 434 g/mol. The summed E-state index contributed by atoms with van der Waals surface area (Å²) in [5.41, 5.74) is 2.13. The van der Waals surface area contributed by atoms with Gasteiger partial charge in [-0.3, -0.25) is 14.5 Å². The Bertz CT molecular complexity index is 1080. The van der Waals surface area contributed by atoms with Crippen molar-refractivity contribution in [2.45, 2.75) is 39.8 Å². The molecule has 0 radical (unpaired) electrons. The van der Waals surface area contributed by atoms with Gasteiger partial charge >= 0.3 is 6.09 Å². The summed E-state index contributed by atoms with van der Waals surface area (Å²) in [6.07, 6.45) is -0.953. The highest BCUT2D eigenvalue weighted by molar-refractivity contribution is 6.02. The summed E-state index contributed by atoms with van der Waals surface area (Å²) in [4.78, 5) is 45.1. The molecular formula is C25H35N5O4. The lowest BCUT2D eigenvalue weighted by Crippen LogP contribution is -2.50. The van der Waals surface area contributed by atoms with Gasteiger partial charge in [-0.25, -0.2) is 4.79 Å². The molecule has 184 valence electrons. The molecule has 3 amide bonds. The lowest BCUT2D eigenvalue weighted by molar-refractivity contribution is 0.0595. The van der Waals surface area contributed by atoms with Gasteiger partial charge in [0.1, 0.15) is 5.69 Å². The van der Waals surface area contributed by atoms with Crippen molar-refractivity contribution in [3.8, 4) is 0 Å². The van der Waals surface area contributed by atoms with Crippen LogP contribution in [0.4, 0.5) is 4.79 Å². The van der Waals surface area contributed by atoms with Crippen LogP contribution in [-0.4, -0.2) is 106 Å². The smallest absolute Gasteiger partial charge is 0.407 e. The molecule has 2 aromatic rings. The van der Waals surface area contributed by atoms with Gasteiger partial charge in [-0.1, -0.05) is 0 Å². The highest BCUT2D eigenvalue weighted by Gasteiger charge is 2.28. The van der Waals surface area contributed by atoms with Crippen molar-refractivity contribution in [2.24, 2.45) is 0 Å². The van der Waals surface area contributed by atoms with Gasteiger partial charge in [0.25, 0.3) is 11.8 Å². The molecule has 1 aromatic heterocycles. The first-order valence-electron chi connectivity index (χ1n) is 12.1. The third-order valence-corrected chi connectivity index (χ3v) is 6.99. The van der Waals surface area contributed by atoms with Crippen LogP contribution in [0.3, 0.4) is 0 Å². The van der Waals surface area contributed by atoms with Gasteiger partial charge < -0.3 is 24.4 Å². The molecule has 0 atom stereocenters. The van der Waals surface area contributed by atoms with Crippen LogP contribution in [-0.2, 0) is 0 Å². The third kappa shape index (κ3) is 4.61. The van der Waals surface area contributed by atoms with Gasteiger partial charge in [0.05, 0.1) is 0 Å². The third-order valence-electron chi connectivity index (χ3n) is 6.99. The lowest BCUT2D eigenvalue weighted by atomic mass is 10.1. The van der Waals surface area contributed by atoms with Crippen LogP contribution in [0.5, 0.6) is 0 Å². The molecule has 9 heteroatoms. The summed E-state index contributed by atoms with van der Waals surface area (Å²) in [6, 6.07) is 8.10. The molecule has 2 saturated heterocycles. The molecule has 0 unspecified atom stereocenters. The van der Waals surface area contributed by atoms with E-state index >= 15 is 0 Å². The summed E-state index contributed by atoms with van der Waals surface area (Å²) in [5.74, 6) is -0.0760. The minimum Gasteiger partial charge on any atom is -0.465 e. The maximum atomic E-state index is 13.4. The second kappa shape index (κ2) is 9.66. The maximum Gasteiger partial charge on any atom is 0.407 e. The van der Waals surface area contributed by atoms with Crippen LogP contribution in [0, 0.1) is 0 Å². The zero-order valence-corrected chi connectivity index (χ0v) is 20.5. The number of hydrogen-bond acceptors (Lipinski definition) is 4. The van der Waals surface area contributed by atoms with Gasteiger partial charge in [-0.2, -0.15) is 0 Å². The molecule has 1 N–H and O–H groups in total. The normalized spacial score (nSPS) is 17.8. The number of carbonyl (C=O) groups is 3. The van der Waals surface area contributed by atoms with E-state index in [4.69, 9.17) is 0 Å². The van der Waals surface area contributed by atoms with Gasteiger partial charge in [-0.05, 0) is 52.0 Å². The molecule has 0 saturated carbocycles. The van der Waals surface area contributed by atoms with Crippen molar-refractivity contribution >= 4 is 28.8 Å². The first-order chi connectivity index (χ1) is 16.2. The van der Waals surface area contributed by atoms with Crippen LogP contribution in [0.15, 0.2) is 24.3 Å². The van der Waals surface area contributed by atoms with Crippen LogP contribution in [0.2, 0.25) is 0 Å². The van der Waals surface area contributed by atoms with Crippen molar-refractivity contribution in [2.75, 3.05) is 52.4 Å². The average Bonchev–Trinajstić information content (AvgIpc) is 3.22. The monoisotopic (exact) mass is 469 g/mol. The largest absolute Gasteiger partial charge is 0.465 e. The van der Waals surface area contributed by atoms with Crippen molar-refractivity contribution in [3.63, 3.8) is 0 Å². The van der Waals surface area contributed by atoms with E-state index in [-0.39, 0.29) is 17.9 Å². The molecule has 3 heterocycles. The predicted octanol–water partition coefficient (Wildman–Crippen LogP) is 2.82. The van der Waals surface area contributed by atoms with Crippen LogP contribution < -0.4 is 0 Å². The lowest BCUT2D eigenvalue weighted by Gasteiger charge is -2.37. The topological polar surface area (TPSA) is 89.3 Å². The Morgan fingerprint density at radius 1 is 0.735 bits per heavy atom. The highest BCUT2D eigenvalue weighted by Crippen LogP contribution is 2.27. The maximum absolute atomic E-state index is 13.4. The summed E-state index contributed by atoms with van der Waals surface area (Å²) >= 11 is 0. The number of rotatable bonds is 4. The minimum absolute atomic E-state index is 0.0280. The molecule has 2 fully saturated rings. The molecule has 4 rings (SSSR count). The standard InChI is InChI=1S/C25H35N5O4/c1-17(2)26-7-9-27(10-8-26)23(31)19-5-6-21-20(15-19)16-22(30(21)18(3)4)24(32)28-11-13-29(14-12-28)25(33)34/h5-6,15-18H,7-14H2,1-4H3,(H,33,34). The first-order valence-corrected chi connectivity index (χ1v) is 12.1. The Morgan fingerprint density at radius 2 is 1.29 bits per heavy atom. The van der Waals surface area contributed by atoms with E-state index in [0.717, 1.165) is 24.0 Å². The van der Waals surface area contributed by atoms with E-state index in [1.54, 1.807) is 4.90 Å². The quantitative estimate of drug-likeness (QED) is 0.744. The Labute approximate surface area is 200 Å².